The molecule has 1 atom stereocenters. The van der Waals surface area contributed by atoms with Gasteiger partial charge in [-0.1, -0.05) is 13.8 Å². The molecular weight excluding hydrogens is 256 g/mol. The van der Waals surface area contributed by atoms with Crippen molar-refractivity contribution in [2.45, 2.75) is 33.4 Å². The molecule has 3 nitrogen and oxygen atoms in total. The fourth-order valence-corrected chi connectivity index (χ4v) is 2.36. The lowest BCUT2D eigenvalue weighted by molar-refractivity contribution is -0.132. The van der Waals surface area contributed by atoms with Crippen molar-refractivity contribution in [2.75, 3.05) is 7.05 Å². The average Bonchev–Trinajstić information content (AvgIpc) is 2.62. The molecular formula is C12H21ClN2OS. The topological polar surface area (TPSA) is 46.3 Å². The number of hydrogen-bond acceptors (Lipinski definition) is 3. The van der Waals surface area contributed by atoms with Gasteiger partial charge in [-0.05, 0) is 29.9 Å². The van der Waals surface area contributed by atoms with E-state index < -0.39 is 6.04 Å². The molecule has 1 heterocycles. The minimum Gasteiger partial charge on any atom is -0.339 e. The zero-order chi connectivity index (χ0) is 12.3. The number of aryl methyl sites for hydroxylation is 1. The van der Waals surface area contributed by atoms with E-state index in [0.29, 0.717) is 6.54 Å². The molecule has 0 aliphatic carbocycles. The smallest absolute Gasteiger partial charge is 0.239 e. The van der Waals surface area contributed by atoms with E-state index >= 15 is 0 Å². The van der Waals surface area contributed by atoms with E-state index in [1.807, 2.05) is 26.3 Å². The molecule has 1 aromatic heterocycles. The number of nitrogens with two attached hydrogens (primary N) is 1. The van der Waals surface area contributed by atoms with E-state index in [0.717, 1.165) is 0 Å². The van der Waals surface area contributed by atoms with E-state index in [9.17, 15) is 4.79 Å². The summed E-state index contributed by atoms with van der Waals surface area (Å²) in [4.78, 5) is 14.9. The van der Waals surface area contributed by atoms with E-state index in [2.05, 4.69) is 13.0 Å². The Kier molecular flexibility index (Phi) is 6.75. The van der Waals surface area contributed by atoms with Gasteiger partial charge in [0.05, 0.1) is 12.6 Å². The summed E-state index contributed by atoms with van der Waals surface area (Å²) < 4.78 is 0. The molecule has 0 radical (unpaired) electrons. The maximum Gasteiger partial charge on any atom is 0.239 e. The molecule has 1 aromatic rings. The van der Waals surface area contributed by atoms with Crippen LogP contribution in [0.4, 0.5) is 0 Å². The maximum atomic E-state index is 11.9. The lowest BCUT2D eigenvalue weighted by Gasteiger charge is -2.23. The van der Waals surface area contributed by atoms with Gasteiger partial charge >= 0.3 is 0 Å². The fraction of sp³-hybridized carbons (Fsp3) is 0.583. The number of carbonyl (C=O) groups excluding carboxylic acids is 1. The van der Waals surface area contributed by atoms with Crippen molar-refractivity contribution in [3.63, 3.8) is 0 Å². The molecule has 98 valence electrons. The van der Waals surface area contributed by atoms with Gasteiger partial charge in [0.2, 0.25) is 5.91 Å². The Labute approximate surface area is 113 Å². The molecule has 0 saturated carbocycles. The predicted molar refractivity (Wildman–Crippen MR) is 75.6 cm³/mol. The zero-order valence-corrected chi connectivity index (χ0v) is 12.4. The summed E-state index contributed by atoms with van der Waals surface area (Å²) in [6.07, 6.45) is 0. The molecule has 2 N–H and O–H groups in total. The van der Waals surface area contributed by atoms with E-state index in [4.69, 9.17) is 5.73 Å². The van der Waals surface area contributed by atoms with E-state index in [-0.39, 0.29) is 24.2 Å². The van der Waals surface area contributed by atoms with Crippen LogP contribution < -0.4 is 5.73 Å². The first-order valence-corrected chi connectivity index (χ1v) is 6.35. The molecule has 5 heteroatoms. The van der Waals surface area contributed by atoms with Crippen LogP contribution >= 0.6 is 23.7 Å². The molecule has 0 spiro atoms. The Morgan fingerprint density at radius 1 is 1.53 bits per heavy atom. The van der Waals surface area contributed by atoms with Gasteiger partial charge in [-0.15, -0.1) is 23.7 Å². The van der Waals surface area contributed by atoms with Gasteiger partial charge in [-0.25, -0.2) is 0 Å². The first kappa shape index (κ1) is 16.4. The highest BCUT2D eigenvalue weighted by Gasteiger charge is 2.21. The highest BCUT2D eigenvalue weighted by Crippen LogP contribution is 2.17. The van der Waals surface area contributed by atoms with Gasteiger partial charge in [0.1, 0.15) is 0 Å². The summed E-state index contributed by atoms with van der Waals surface area (Å²) in [5.41, 5.74) is 7.08. The second-order valence-electron chi connectivity index (χ2n) is 4.49. The fourth-order valence-electron chi connectivity index (χ4n) is 1.40. The summed E-state index contributed by atoms with van der Waals surface area (Å²) in [5.74, 6) is 0.196. The van der Waals surface area contributed by atoms with Crippen LogP contribution in [0.2, 0.25) is 0 Å². The lowest BCUT2D eigenvalue weighted by atomic mass is 10.0. The molecule has 0 aliphatic rings. The number of halogens is 1. The maximum absolute atomic E-state index is 11.9. The molecule has 0 unspecified atom stereocenters. The monoisotopic (exact) mass is 276 g/mol. The predicted octanol–water partition coefficient (Wildman–Crippen LogP) is 2.42. The van der Waals surface area contributed by atoms with Crippen molar-refractivity contribution in [3.8, 4) is 0 Å². The van der Waals surface area contributed by atoms with Gasteiger partial charge in [-0.3, -0.25) is 4.79 Å². The summed E-state index contributed by atoms with van der Waals surface area (Å²) in [7, 11) is 1.81. The van der Waals surface area contributed by atoms with Crippen LogP contribution in [-0.2, 0) is 11.3 Å². The Morgan fingerprint density at radius 3 is 2.53 bits per heavy atom. The number of hydrogen-bond donors (Lipinski definition) is 1. The van der Waals surface area contributed by atoms with Crippen molar-refractivity contribution in [1.82, 2.24) is 4.90 Å². The van der Waals surface area contributed by atoms with Crippen molar-refractivity contribution >= 4 is 29.7 Å². The van der Waals surface area contributed by atoms with Crippen LogP contribution in [-0.4, -0.2) is 23.9 Å². The summed E-state index contributed by atoms with van der Waals surface area (Å²) in [6.45, 7) is 6.65. The van der Waals surface area contributed by atoms with Crippen LogP contribution in [0, 0.1) is 12.8 Å². The van der Waals surface area contributed by atoms with Gasteiger partial charge in [-0.2, -0.15) is 0 Å². The Hall–Kier alpha value is -0.580. The highest BCUT2D eigenvalue weighted by atomic mass is 35.5. The summed E-state index contributed by atoms with van der Waals surface area (Å²) in [6, 6.07) is 1.67. The minimum absolute atomic E-state index is 0. The molecule has 1 rings (SSSR count). The third-order valence-electron chi connectivity index (χ3n) is 2.73. The van der Waals surface area contributed by atoms with Gasteiger partial charge < -0.3 is 10.6 Å². The second kappa shape index (κ2) is 6.99. The van der Waals surface area contributed by atoms with Gasteiger partial charge in [0, 0.05) is 11.9 Å². The highest BCUT2D eigenvalue weighted by molar-refractivity contribution is 7.10. The first-order chi connectivity index (χ1) is 7.43. The van der Waals surface area contributed by atoms with Crippen LogP contribution in [0.25, 0.3) is 0 Å². The molecule has 0 fully saturated rings. The summed E-state index contributed by atoms with van der Waals surface area (Å²) in [5, 5.41) is 2.05. The van der Waals surface area contributed by atoms with Crippen molar-refractivity contribution in [3.05, 3.63) is 21.9 Å². The number of amides is 1. The van der Waals surface area contributed by atoms with Crippen molar-refractivity contribution < 1.29 is 4.79 Å². The van der Waals surface area contributed by atoms with Crippen molar-refractivity contribution in [1.29, 1.82) is 0 Å². The Morgan fingerprint density at radius 2 is 2.12 bits per heavy atom. The Balaban J connectivity index is 0.00000256. The minimum atomic E-state index is -0.398. The second-order valence-corrected chi connectivity index (χ2v) is 5.49. The van der Waals surface area contributed by atoms with Crippen LogP contribution in [0.5, 0.6) is 0 Å². The van der Waals surface area contributed by atoms with Gasteiger partial charge in [0.15, 0.2) is 0 Å². The Bertz CT molecular complexity index is 365. The molecule has 0 bridgehead atoms. The molecule has 17 heavy (non-hydrogen) atoms. The molecule has 0 aromatic carbocycles. The molecule has 0 saturated heterocycles. The molecule has 0 aliphatic heterocycles. The number of likely N-dealkylation sites (N-methyl/N-ethyl adjacent to an activating group) is 1. The summed E-state index contributed by atoms with van der Waals surface area (Å²) >= 11 is 1.68. The third kappa shape index (κ3) is 4.30. The van der Waals surface area contributed by atoms with Crippen LogP contribution in [0.3, 0.4) is 0 Å². The number of thiophene rings is 1. The average molecular weight is 277 g/mol. The number of carbonyl (C=O) groups is 1. The SMILES string of the molecule is Cc1ccsc1CN(C)C(=O)[C@H](N)C(C)C.Cl. The molecule has 1 amide bonds. The number of rotatable bonds is 4. The van der Waals surface area contributed by atoms with E-state index in [1.54, 1.807) is 16.2 Å². The normalized spacial score (nSPS) is 12.1. The number of nitrogens with zero attached hydrogens (tertiary/aromatic N) is 1. The zero-order valence-electron chi connectivity index (χ0n) is 10.8. The first-order valence-electron chi connectivity index (χ1n) is 5.47. The van der Waals surface area contributed by atoms with E-state index in [1.165, 1.54) is 10.4 Å². The standard InChI is InChI=1S/C12H20N2OS.ClH/c1-8(2)11(13)12(15)14(4)7-10-9(3)5-6-16-10;/h5-6,8,11H,7,13H2,1-4H3;1H/t11-;/m1./s1. The largest absolute Gasteiger partial charge is 0.339 e. The quantitative estimate of drug-likeness (QED) is 0.918. The lowest BCUT2D eigenvalue weighted by Crippen LogP contribution is -2.44. The third-order valence-corrected chi connectivity index (χ3v) is 3.74. The van der Waals surface area contributed by atoms with Crippen molar-refractivity contribution in [2.24, 2.45) is 11.7 Å². The van der Waals surface area contributed by atoms with Gasteiger partial charge in [0.25, 0.3) is 0 Å². The van der Waals surface area contributed by atoms with Crippen LogP contribution in [0.1, 0.15) is 24.3 Å². The van der Waals surface area contributed by atoms with Crippen LogP contribution in [0.15, 0.2) is 11.4 Å².